The molecule has 3 aromatic rings. The molecule has 0 saturated carbocycles. The van der Waals surface area contributed by atoms with E-state index in [-0.39, 0.29) is 18.2 Å². The predicted molar refractivity (Wildman–Crippen MR) is 92.2 cm³/mol. The Morgan fingerprint density at radius 2 is 1.88 bits per heavy atom. The van der Waals surface area contributed by atoms with E-state index >= 15 is 0 Å². The summed E-state index contributed by atoms with van der Waals surface area (Å²) >= 11 is 1.38. The van der Waals surface area contributed by atoms with Gasteiger partial charge < -0.3 is 0 Å². The molecule has 120 valence electrons. The van der Waals surface area contributed by atoms with Gasteiger partial charge >= 0.3 is 0 Å². The number of carbonyl (C=O) groups is 2. The van der Waals surface area contributed by atoms with E-state index in [0.29, 0.717) is 16.3 Å². The molecule has 0 atom stereocenters. The third-order valence-corrected chi connectivity index (χ3v) is 4.26. The Kier molecular flexibility index (Phi) is 4.77. The number of amides is 1. The van der Waals surface area contributed by atoms with Gasteiger partial charge in [0.15, 0.2) is 17.5 Å². The van der Waals surface area contributed by atoms with Gasteiger partial charge in [-0.25, -0.2) is 4.98 Å². The molecule has 0 aliphatic heterocycles. The number of aryl methyl sites for hydroxylation is 1. The molecule has 24 heavy (non-hydrogen) atoms. The summed E-state index contributed by atoms with van der Waals surface area (Å²) in [4.78, 5) is 28.8. The fourth-order valence-electron chi connectivity index (χ4n) is 2.22. The molecule has 1 N–H and O–H groups in total. The third-order valence-electron chi connectivity index (χ3n) is 3.38. The molecular weight excluding hydrogens is 322 g/mol. The minimum absolute atomic E-state index is 0.00583. The SMILES string of the molecule is Cc1csc(NC(=O)c2ccc[n+](CC(=O)c3ccccc3)c2)n1. The van der Waals surface area contributed by atoms with E-state index in [1.54, 1.807) is 41.2 Å². The number of hydrogen-bond acceptors (Lipinski definition) is 4. The van der Waals surface area contributed by atoms with Crippen LogP contribution in [0.15, 0.2) is 60.2 Å². The highest BCUT2D eigenvalue weighted by molar-refractivity contribution is 7.13. The standard InChI is InChI=1S/C18H15N3O2S/c1-13-12-24-18(19-13)20-17(23)15-8-5-9-21(10-15)11-16(22)14-6-3-2-4-7-14/h2-10,12H,11H2,1H3/p+1. The molecule has 0 spiro atoms. The second kappa shape index (κ2) is 7.14. The van der Waals surface area contributed by atoms with Crippen molar-refractivity contribution in [2.75, 3.05) is 5.32 Å². The molecule has 5 nitrogen and oxygen atoms in total. The quantitative estimate of drug-likeness (QED) is 0.575. The zero-order valence-electron chi connectivity index (χ0n) is 13.1. The summed E-state index contributed by atoms with van der Waals surface area (Å²) in [6.07, 6.45) is 3.43. The van der Waals surface area contributed by atoms with Crippen molar-refractivity contribution in [1.29, 1.82) is 0 Å². The van der Waals surface area contributed by atoms with E-state index in [4.69, 9.17) is 0 Å². The Morgan fingerprint density at radius 3 is 2.58 bits per heavy atom. The van der Waals surface area contributed by atoms with E-state index in [0.717, 1.165) is 5.69 Å². The van der Waals surface area contributed by atoms with Crippen LogP contribution in [0.3, 0.4) is 0 Å². The first-order valence-electron chi connectivity index (χ1n) is 7.42. The number of Topliss-reactive ketones (excluding diaryl/α,β-unsaturated/α-hetero) is 1. The molecule has 2 heterocycles. The monoisotopic (exact) mass is 338 g/mol. The molecule has 0 unspecified atom stereocenters. The van der Waals surface area contributed by atoms with Gasteiger partial charge in [-0.05, 0) is 13.0 Å². The molecule has 3 rings (SSSR count). The Labute approximate surface area is 143 Å². The maximum atomic E-state index is 12.3. The first-order chi connectivity index (χ1) is 11.6. The number of nitrogens with zero attached hydrogens (tertiary/aromatic N) is 2. The van der Waals surface area contributed by atoms with Crippen molar-refractivity contribution in [2.24, 2.45) is 0 Å². The maximum absolute atomic E-state index is 12.3. The van der Waals surface area contributed by atoms with E-state index in [1.807, 2.05) is 30.5 Å². The van der Waals surface area contributed by atoms with Crippen molar-refractivity contribution in [3.8, 4) is 0 Å². The van der Waals surface area contributed by atoms with Crippen LogP contribution in [0.5, 0.6) is 0 Å². The highest BCUT2D eigenvalue weighted by Gasteiger charge is 2.15. The molecule has 1 aromatic carbocycles. The first kappa shape index (κ1) is 16.0. The van der Waals surface area contributed by atoms with Crippen LogP contribution in [0.25, 0.3) is 0 Å². The number of ketones is 1. The number of rotatable bonds is 5. The number of carbonyl (C=O) groups excluding carboxylic acids is 2. The van der Waals surface area contributed by atoms with E-state index < -0.39 is 0 Å². The van der Waals surface area contributed by atoms with Crippen molar-refractivity contribution in [3.05, 3.63) is 77.1 Å². The minimum Gasteiger partial charge on any atom is -0.298 e. The second-order valence-electron chi connectivity index (χ2n) is 5.30. The lowest BCUT2D eigenvalue weighted by Crippen LogP contribution is -2.38. The normalized spacial score (nSPS) is 10.4. The van der Waals surface area contributed by atoms with Gasteiger partial charge in [0.05, 0.1) is 5.69 Å². The summed E-state index contributed by atoms with van der Waals surface area (Å²) in [5.41, 5.74) is 2.00. The number of thiazole rings is 1. The number of nitrogens with one attached hydrogen (secondary N) is 1. The molecule has 0 fully saturated rings. The Morgan fingerprint density at radius 1 is 1.12 bits per heavy atom. The number of aromatic nitrogens is 2. The highest BCUT2D eigenvalue weighted by atomic mass is 32.1. The molecule has 0 radical (unpaired) electrons. The summed E-state index contributed by atoms with van der Waals surface area (Å²) in [6.45, 7) is 2.05. The average molecular weight is 338 g/mol. The number of benzene rings is 1. The van der Waals surface area contributed by atoms with Crippen LogP contribution in [0.2, 0.25) is 0 Å². The molecule has 0 aliphatic carbocycles. The van der Waals surface area contributed by atoms with Crippen LogP contribution in [-0.4, -0.2) is 16.7 Å². The molecule has 0 saturated heterocycles. The van der Waals surface area contributed by atoms with Crippen LogP contribution in [0, 0.1) is 6.92 Å². The fraction of sp³-hybridized carbons (Fsp3) is 0.111. The van der Waals surface area contributed by atoms with Gasteiger partial charge in [-0.3, -0.25) is 14.9 Å². The average Bonchev–Trinajstić information content (AvgIpc) is 3.00. The summed E-state index contributed by atoms with van der Waals surface area (Å²) < 4.78 is 1.71. The maximum Gasteiger partial charge on any atom is 0.263 e. The van der Waals surface area contributed by atoms with Crippen molar-refractivity contribution >= 4 is 28.2 Å². The Hall–Kier alpha value is -2.86. The lowest BCUT2D eigenvalue weighted by molar-refractivity contribution is -0.683. The van der Waals surface area contributed by atoms with Crippen molar-refractivity contribution in [3.63, 3.8) is 0 Å². The third kappa shape index (κ3) is 3.91. The molecule has 1 amide bonds. The number of anilines is 1. The van der Waals surface area contributed by atoms with Crippen LogP contribution >= 0.6 is 11.3 Å². The van der Waals surface area contributed by atoms with Gasteiger partial charge in [-0.1, -0.05) is 30.3 Å². The second-order valence-corrected chi connectivity index (χ2v) is 6.16. The molecule has 6 heteroatoms. The van der Waals surface area contributed by atoms with Crippen molar-refractivity contribution in [2.45, 2.75) is 13.5 Å². The zero-order chi connectivity index (χ0) is 16.9. The minimum atomic E-state index is -0.245. The van der Waals surface area contributed by atoms with Gasteiger partial charge in [0.1, 0.15) is 5.56 Å². The van der Waals surface area contributed by atoms with Gasteiger partial charge in [0.2, 0.25) is 12.3 Å². The smallest absolute Gasteiger partial charge is 0.263 e. The summed E-state index contributed by atoms with van der Waals surface area (Å²) in [5.74, 6) is -0.250. The van der Waals surface area contributed by atoms with E-state index in [2.05, 4.69) is 10.3 Å². The molecule has 2 aromatic heterocycles. The lowest BCUT2D eigenvalue weighted by Gasteiger charge is -2.02. The number of pyridine rings is 1. The highest BCUT2D eigenvalue weighted by Crippen LogP contribution is 2.15. The lowest BCUT2D eigenvalue weighted by atomic mass is 10.1. The van der Waals surface area contributed by atoms with Crippen molar-refractivity contribution < 1.29 is 14.2 Å². The van der Waals surface area contributed by atoms with E-state index in [1.165, 1.54) is 11.3 Å². The van der Waals surface area contributed by atoms with Gasteiger partial charge in [-0.2, -0.15) is 4.57 Å². The van der Waals surface area contributed by atoms with E-state index in [9.17, 15) is 9.59 Å². The van der Waals surface area contributed by atoms with Gasteiger partial charge in [0.25, 0.3) is 5.91 Å². The predicted octanol–water partition coefficient (Wildman–Crippen LogP) is 2.87. The van der Waals surface area contributed by atoms with Crippen LogP contribution in [0.4, 0.5) is 5.13 Å². The molecular formula is C18H16N3O2S+. The number of hydrogen-bond donors (Lipinski definition) is 1. The summed E-state index contributed by atoms with van der Waals surface area (Å²) in [5, 5.41) is 5.20. The molecule has 0 aliphatic rings. The largest absolute Gasteiger partial charge is 0.298 e. The Bertz CT molecular complexity index is 875. The summed E-state index contributed by atoms with van der Waals surface area (Å²) in [7, 11) is 0. The summed E-state index contributed by atoms with van der Waals surface area (Å²) in [6, 6.07) is 12.6. The van der Waals surface area contributed by atoms with Gasteiger partial charge in [0, 0.05) is 17.0 Å². The molecule has 0 bridgehead atoms. The van der Waals surface area contributed by atoms with Crippen LogP contribution < -0.4 is 9.88 Å². The Balaban J connectivity index is 1.72. The van der Waals surface area contributed by atoms with Crippen LogP contribution in [-0.2, 0) is 6.54 Å². The van der Waals surface area contributed by atoms with Gasteiger partial charge in [-0.15, -0.1) is 11.3 Å². The topological polar surface area (TPSA) is 62.9 Å². The zero-order valence-corrected chi connectivity index (χ0v) is 13.9. The first-order valence-corrected chi connectivity index (χ1v) is 8.30. The van der Waals surface area contributed by atoms with Crippen molar-refractivity contribution in [1.82, 2.24) is 4.98 Å². The van der Waals surface area contributed by atoms with Crippen LogP contribution in [0.1, 0.15) is 26.4 Å². The fourth-order valence-corrected chi connectivity index (χ4v) is 2.90.